The van der Waals surface area contributed by atoms with Crippen molar-refractivity contribution in [2.24, 2.45) is 0 Å². The summed E-state index contributed by atoms with van der Waals surface area (Å²) in [6, 6.07) is 17.8. The molecule has 0 spiro atoms. The largest absolute Gasteiger partial charge is 0.486 e. The summed E-state index contributed by atoms with van der Waals surface area (Å²) in [4.78, 5) is 25.7. The topological polar surface area (TPSA) is 103 Å². The lowest BCUT2D eigenvalue weighted by Crippen LogP contribution is -2.47. The van der Waals surface area contributed by atoms with Crippen LogP contribution in [0.25, 0.3) is 0 Å². The van der Waals surface area contributed by atoms with Crippen molar-refractivity contribution in [3.63, 3.8) is 0 Å². The summed E-state index contributed by atoms with van der Waals surface area (Å²) in [7, 11) is 0. The number of esters is 1. The number of rotatable bonds is 7. The Morgan fingerprint density at radius 1 is 1.03 bits per heavy atom. The van der Waals surface area contributed by atoms with Crippen LogP contribution in [0.2, 0.25) is 5.02 Å². The van der Waals surface area contributed by atoms with Gasteiger partial charge in [0.15, 0.2) is 0 Å². The van der Waals surface area contributed by atoms with E-state index in [1.54, 1.807) is 48.5 Å². The maximum atomic E-state index is 13.5. The van der Waals surface area contributed by atoms with Crippen LogP contribution in [0.4, 0.5) is 14.9 Å². The van der Waals surface area contributed by atoms with Crippen molar-refractivity contribution in [1.29, 1.82) is 0 Å². The van der Waals surface area contributed by atoms with E-state index in [1.165, 1.54) is 24.3 Å². The second-order valence-electron chi connectivity index (χ2n) is 7.52. The molecule has 0 bridgehead atoms. The Morgan fingerprint density at radius 3 is 2.53 bits per heavy atom. The van der Waals surface area contributed by atoms with Crippen LogP contribution in [0.5, 0.6) is 5.75 Å². The van der Waals surface area contributed by atoms with Crippen LogP contribution in [-0.4, -0.2) is 18.6 Å². The van der Waals surface area contributed by atoms with Gasteiger partial charge in [0.2, 0.25) is 0 Å². The van der Waals surface area contributed by atoms with E-state index in [9.17, 15) is 14.0 Å². The molecule has 3 aromatic rings. The summed E-state index contributed by atoms with van der Waals surface area (Å²) in [6.45, 7) is -0.187. The quantitative estimate of drug-likeness (QED) is 0.341. The molecule has 4 rings (SSSR count). The minimum atomic E-state index is -0.882. The van der Waals surface area contributed by atoms with E-state index in [4.69, 9.17) is 26.8 Å². The van der Waals surface area contributed by atoms with Gasteiger partial charge in [0.25, 0.3) is 0 Å². The first-order valence-corrected chi connectivity index (χ1v) is 10.7. The number of carbonyl (C=O) groups is 2. The number of benzene rings is 3. The monoisotopic (exact) mass is 481 g/mol. The summed E-state index contributed by atoms with van der Waals surface area (Å²) in [5, 5.41) is 5.70. The molecule has 34 heavy (non-hydrogen) atoms. The van der Waals surface area contributed by atoms with Crippen molar-refractivity contribution in [2.45, 2.75) is 12.6 Å². The van der Waals surface area contributed by atoms with Crippen LogP contribution in [0.15, 0.2) is 84.1 Å². The third-order valence-electron chi connectivity index (χ3n) is 5.11. The van der Waals surface area contributed by atoms with Crippen molar-refractivity contribution in [3.8, 4) is 5.75 Å². The van der Waals surface area contributed by atoms with E-state index in [-0.39, 0.29) is 24.5 Å². The lowest BCUT2D eigenvalue weighted by molar-refractivity contribution is -0.140. The number of urea groups is 1. The summed E-state index contributed by atoms with van der Waals surface area (Å²) >= 11 is 6.16. The Bertz CT molecular complexity index is 1250. The summed E-state index contributed by atoms with van der Waals surface area (Å²) in [5.74, 6) is -0.738. The average molecular weight is 482 g/mol. The van der Waals surface area contributed by atoms with Crippen LogP contribution < -0.4 is 21.1 Å². The van der Waals surface area contributed by atoms with Gasteiger partial charge in [-0.05, 0) is 47.5 Å². The summed E-state index contributed by atoms with van der Waals surface area (Å²) in [6.07, 6.45) is 0. The molecule has 1 aliphatic heterocycles. The molecular weight excluding hydrogens is 461 g/mol. The number of hydrogen-bond donors (Lipinski definition) is 3. The number of halogens is 2. The molecule has 3 aromatic carbocycles. The zero-order valence-corrected chi connectivity index (χ0v) is 18.6. The molecular formula is C25H21ClFN3O4. The Kier molecular flexibility index (Phi) is 6.98. The summed E-state index contributed by atoms with van der Waals surface area (Å²) in [5.41, 5.74) is 7.87. The number of amides is 2. The minimum absolute atomic E-state index is 0.0316. The number of nitrogen functional groups attached to an aromatic ring is 1. The predicted molar refractivity (Wildman–Crippen MR) is 125 cm³/mol. The standard InChI is InChI=1S/C25H21ClFN3O4/c26-19-6-1-2-7-21(19)33-14-20-22(24(31)34-13-15-4-3-5-18(28)12-15)23(30-25(32)29-20)16-8-10-17(27)11-9-16/h1-12,23H,13-14,28H2,(H2,29,30,32). The second-order valence-corrected chi connectivity index (χ2v) is 7.92. The molecule has 0 saturated heterocycles. The van der Waals surface area contributed by atoms with Crippen LogP contribution in [-0.2, 0) is 16.1 Å². The van der Waals surface area contributed by atoms with E-state index >= 15 is 0 Å². The van der Waals surface area contributed by atoms with Crippen molar-refractivity contribution < 1.29 is 23.5 Å². The molecule has 2 amide bonds. The number of carbonyl (C=O) groups excluding carboxylic acids is 2. The molecule has 174 valence electrons. The third-order valence-corrected chi connectivity index (χ3v) is 5.42. The first kappa shape index (κ1) is 23.1. The van der Waals surface area contributed by atoms with Gasteiger partial charge in [0, 0.05) is 5.69 Å². The minimum Gasteiger partial charge on any atom is -0.486 e. The van der Waals surface area contributed by atoms with Gasteiger partial charge < -0.3 is 25.8 Å². The lowest BCUT2D eigenvalue weighted by Gasteiger charge is -2.29. The van der Waals surface area contributed by atoms with Crippen molar-refractivity contribution in [2.75, 3.05) is 12.3 Å². The average Bonchev–Trinajstić information content (AvgIpc) is 2.82. The molecule has 0 aliphatic carbocycles. The SMILES string of the molecule is Nc1cccc(COC(=O)C2=C(COc3ccccc3Cl)NC(=O)NC2c2ccc(F)cc2)c1. The molecule has 0 aromatic heterocycles. The van der Waals surface area contributed by atoms with Crippen molar-refractivity contribution in [1.82, 2.24) is 10.6 Å². The Balaban J connectivity index is 1.66. The number of nitrogens with one attached hydrogen (secondary N) is 2. The van der Waals surface area contributed by atoms with Gasteiger partial charge in [0.1, 0.15) is 24.8 Å². The zero-order chi connectivity index (χ0) is 24.1. The highest BCUT2D eigenvalue weighted by molar-refractivity contribution is 6.32. The fraction of sp³-hybridized carbons (Fsp3) is 0.120. The first-order valence-electron chi connectivity index (χ1n) is 10.4. The molecule has 1 atom stereocenters. The number of ether oxygens (including phenoxy) is 2. The van der Waals surface area contributed by atoms with Gasteiger partial charge in [-0.3, -0.25) is 0 Å². The molecule has 0 radical (unpaired) electrons. The summed E-state index contributed by atoms with van der Waals surface area (Å²) < 4.78 is 24.8. The zero-order valence-electron chi connectivity index (χ0n) is 17.9. The highest BCUT2D eigenvalue weighted by Crippen LogP contribution is 2.30. The number of para-hydroxylation sites is 1. The van der Waals surface area contributed by atoms with Crippen molar-refractivity contribution >= 4 is 29.3 Å². The lowest BCUT2D eigenvalue weighted by atomic mass is 9.95. The van der Waals surface area contributed by atoms with Gasteiger partial charge in [-0.25, -0.2) is 14.0 Å². The van der Waals surface area contributed by atoms with E-state index in [1.807, 2.05) is 0 Å². The van der Waals surface area contributed by atoms with Gasteiger partial charge in [-0.15, -0.1) is 0 Å². The molecule has 1 heterocycles. The third kappa shape index (κ3) is 5.47. The van der Waals surface area contributed by atoms with E-state index in [0.717, 1.165) is 0 Å². The number of hydrogen-bond acceptors (Lipinski definition) is 5. The molecule has 0 fully saturated rings. The highest BCUT2D eigenvalue weighted by Gasteiger charge is 2.34. The van der Waals surface area contributed by atoms with Crippen LogP contribution in [0, 0.1) is 5.82 Å². The Morgan fingerprint density at radius 2 is 1.79 bits per heavy atom. The van der Waals surface area contributed by atoms with Gasteiger partial charge in [-0.2, -0.15) is 0 Å². The predicted octanol–water partition coefficient (Wildman–Crippen LogP) is 4.49. The maximum Gasteiger partial charge on any atom is 0.338 e. The van der Waals surface area contributed by atoms with Gasteiger partial charge >= 0.3 is 12.0 Å². The molecule has 7 nitrogen and oxygen atoms in total. The number of anilines is 1. The fourth-order valence-electron chi connectivity index (χ4n) is 3.50. The van der Waals surface area contributed by atoms with Crippen molar-refractivity contribution in [3.05, 3.63) is 106 Å². The maximum absolute atomic E-state index is 13.5. The first-order chi connectivity index (χ1) is 16.4. The molecule has 9 heteroatoms. The Hall–Kier alpha value is -4.04. The van der Waals surface area contributed by atoms with E-state index in [0.29, 0.717) is 27.6 Å². The van der Waals surface area contributed by atoms with Gasteiger partial charge in [0.05, 0.1) is 22.3 Å². The van der Waals surface area contributed by atoms with E-state index in [2.05, 4.69) is 10.6 Å². The second kappa shape index (κ2) is 10.3. The van der Waals surface area contributed by atoms with Crippen LogP contribution >= 0.6 is 11.6 Å². The van der Waals surface area contributed by atoms with E-state index < -0.39 is 23.9 Å². The normalized spacial score (nSPS) is 15.4. The van der Waals surface area contributed by atoms with Gasteiger partial charge in [-0.1, -0.05) is 48.0 Å². The van der Waals surface area contributed by atoms with Crippen LogP contribution in [0.3, 0.4) is 0 Å². The smallest absolute Gasteiger partial charge is 0.338 e. The molecule has 0 saturated carbocycles. The Labute approximate surface area is 200 Å². The van der Waals surface area contributed by atoms with Crippen LogP contribution in [0.1, 0.15) is 17.2 Å². The molecule has 1 unspecified atom stereocenters. The highest BCUT2D eigenvalue weighted by atomic mass is 35.5. The fourth-order valence-corrected chi connectivity index (χ4v) is 3.69. The molecule has 4 N–H and O–H groups in total. The molecule has 1 aliphatic rings. The number of nitrogens with two attached hydrogens (primary N) is 1.